The second-order valence-electron chi connectivity index (χ2n) is 6.64. The van der Waals surface area contributed by atoms with Crippen LogP contribution in [-0.2, 0) is 7.05 Å². The van der Waals surface area contributed by atoms with Gasteiger partial charge in [0.1, 0.15) is 28.1 Å². The van der Waals surface area contributed by atoms with E-state index in [1.165, 1.54) is 0 Å². The molecule has 0 bridgehead atoms. The molecule has 1 aliphatic heterocycles. The monoisotopic (exact) mass is 387 g/mol. The highest BCUT2D eigenvalue weighted by Crippen LogP contribution is 2.41. The van der Waals surface area contributed by atoms with E-state index in [0.29, 0.717) is 0 Å². The molecular weight excluding hydrogens is 370 g/mol. The Hall–Kier alpha value is -2.15. The fourth-order valence-electron chi connectivity index (χ4n) is 3.25. The number of rotatable bonds is 2. The van der Waals surface area contributed by atoms with E-state index in [2.05, 4.69) is 56.2 Å². The van der Waals surface area contributed by atoms with E-state index in [0.717, 1.165) is 39.2 Å². The maximum absolute atomic E-state index is 6.10. The van der Waals surface area contributed by atoms with Crippen molar-refractivity contribution in [1.29, 1.82) is 0 Å². The van der Waals surface area contributed by atoms with Gasteiger partial charge in [0.2, 0.25) is 0 Å². The van der Waals surface area contributed by atoms with Gasteiger partial charge in [0.15, 0.2) is 5.65 Å². The average Bonchev–Trinajstić information content (AvgIpc) is 2.82. The Balaban J connectivity index is 1.79. The van der Waals surface area contributed by atoms with Crippen molar-refractivity contribution in [3.63, 3.8) is 0 Å². The number of benzene rings is 1. The number of hydrogen-bond acceptors (Lipinski definition) is 5. The smallest absolute Gasteiger partial charge is 0.164 e. The Kier molecular flexibility index (Phi) is 3.49. The summed E-state index contributed by atoms with van der Waals surface area (Å²) in [6, 6.07) is 8.25. The lowest BCUT2D eigenvalue weighted by atomic mass is 9.89. The second-order valence-corrected chi connectivity index (χ2v) is 7.39. The van der Waals surface area contributed by atoms with E-state index >= 15 is 0 Å². The van der Waals surface area contributed by atoms with Gasteiger partial charge in [-0.1, -0.05) is 18.2 Å². The first kappa shape index (κ1) is 15.4. The summed E-state index contributed by atoms with van der Waals surface area (Å²) in [6.07, 6.45) is 2.41. The Labute approximate surface area is 148 Å². The second kappa shape index (κ2) is 5.44. The molecule has 0 amide bonds. The molecule has 0 saturated heterocycles. The number of anilines is 1. The molecule has 6 nitrogen and oxygen atoms in total. The fourth-order valence-corrected chi connectivity index (χ4v) is 3.85. The highest BCUT2D eigenvalue weighted by Gasteiger charge is 2.34. The van der Waals surface area contributed by atoms with Gasteiger partial charge >= 0.3 is 0 Å². The van der Waals surface area contributed by atoms with Gasteiger partial charge in [0.25, 0.3) is 0 Å². The van der Waals surface area contributed by atoms with Gasteiger partial charge in [-0.05, 0) is 35.8 Å². The Morgan fingerprint density at radius 3 is 2.92 bits per heavy atom. The standard InChI is InChI=1S/C17H18BrN5O/c1-17(2)8-11(10-6-4-5-7-12(10)24-17)21-15-13-14(18)22-23(3)16(13)20-9-19-15/h4-7,9,11H,8H2,1-3H3,(H,19,20,21). The maximum atomic E-state index is 6.10. The minimum Gasteiger partial charge on any atom is -0.487 e. The number of halogens is 1. The first-order valence-corrected chi connectivity index (χ1v) is 8.61. The molecule has 0 fully saturated rings. The Morgan fingerprint density at radius 1 is 1.29 bits per heavy atom. The maximum Gasteiger partial charge on any atom is 0.164 e. The third kappa shape index (κ3) is 2.53. The molecule has 1 aromatic carbocycles. The summed E-state index contributed by atoms with van der Waals surface area (Å²) >= 11 is 3.51. The first-order chi connectivity index (χ1) is 11.4. The van der Waals surface area contributed by atoms with E-state index in [1.54, 1.807) is 11.0 Å². The van der Waals surface area contributed by atoms with Gasteiger partial charge in [0, 0.05) is 19.0 Å². The van der Waals surface area contributed by atoms with Crippen LogP contribution in [0.5, 0.6) is 5.75 Å². The van der Waals surface area contributed by atoms with Gasteiger partial charge in [-0.3, -0.25) is 0 Å². The summed E-state index contributed by atoms with van der Waals surface area (Å²) in [5.74, 6) is 1.69. The molecule has 24 heavy (non-hydrogen) atoms. The summed E-state index contributed by atoms with van der Waals surface area (Å²) in [6.45, 7) is 4.21. The van der Waals surface area contributed by atoms with E-state index in [1.807, 2.05) is 25.2 Å². The van der Waals surface area contributed by atoms with Gasteiger partial charge in [-0.25, -0.2) is 14.6 Å². The third-order valence-electron chi connectivity index (χ3n) is 4.27. The minimum atomic E-state index is -0.246. The number of ether oxygens (including phenoxy) is 1. The molecule has 2 aromatic heterocycles. The van der Waals surface area contributed by atoms with Crippen molar-refractivity contribution in [3.8, 4) is 5.75 Å². The third-order valence-corrected chi connectivity index (χ3v) is 4.82. The predicted octanol–water partition coefficient (Wildman–Crippen LogP) is 3.84. The molecule has 3 heterocycles. The summed E-state index contributed by atoms with van der Waals surface area (Å²) in [5, 5.41) is 8.85. The number of aryl methyl sites for hydroxylation is 1. The predicted molar refractivity (Wildman–Crippen MR) is 96.1 cm³/mol. The summed E-state index contributed by atoms with van der Waals surface area (Å²) in [7, 11) is 1.87. The fraction of sp³-hybridized carbons (Fsp3) is 0.353. The quantitative estimate of drug-likeness (QED) is 0.723. The lowest BCUT2D eigenvalue weighted by Gasteiger charge is -2.38. The van der Waals surface area contributed by atoms with Crippen molar-refractivity contribution in [1.82, 2.24) is 19.7 Å². The van der Waals surface area contributed by atoms with Gasteiger partial charge < -0.3 is 10.1 Å². The van der Waals surface area contributed by atoms with Crippen LogP contribution >= 0.6 is 15.9 Å². The van der Waals surface area contributed by atoms with Crippen molar-refractivity contribution in [2.75, 3.05) is 5.32 Å². The van der Waals surface area contributed by atoms with Gasteiger partial charge in [0.05, 0.1) is 11.4 Å². The number of nitrogens with one attached hydrogen (secondary N) is 1. The summed E-state index contributed by atoms with van der Waals surface area (Å²) < 4.78 is 8.59. The van der Waals surface area contributed by atoms with Crippen LogP contribution in [0.1, 0.15) is 31.9 Å². The molecule has 1 N–H and O–H groups in total. The molecule has 124 valence electrons. The topological polar surface area (TPSA) is 64.9 Å². The molecule has 0 saturated carbocycles. The molecular formula is C17H18BrN5O. The van der Waals surface area contributed by atoms with Crippen molar-refractivity contribution < 1.29 is 4.74 Å². The molecule has 0 radical (unpaired) electrons. The molecule has 4 rings (SSSR count). The van der Waals surface area contributed by atoms with Crippen molar-refractivity contribution >= 4 is 32.8 Å². The van der Waals surface area contributed by atoms with Crippen LogP contribution in [0.4, 0.5) is 5.82 Å². The van der Waals surface area contributed by atoms with Gasteiger partial charge in [-0.15, -0.1) is 0 Å². The summed E-state index contributed by atoms with van der Waals surface area (Å²) in [4.78, 5) is 8.77. The van der Waals surface area contributed by atoms with Crippen LogP contribution in [0.15, 0.2) is 35.2 Å². The van der Waals surface area contributed by atoms with Crippen molar-refractivity contribution in [2.24, 2.45) is 7.05 Å². The number of nitrogens with zero attached hydrogens (tertiary/aromatic N) is 4. The number of hydrogen-bond donors (Lipinski definition) is 1. The molecule has 0 aliphatic carbocycles. The number of fused-ring (bicyclic) bond motifs is 2. The summed E-state index contributed by atoms with van der Waals surface area (Å²) in [5.41, 5.74) is 1.69. The zero-order valence-corrected chi connectivity index (χ0v) is 15.3. The molecule has 1 unspecified atom stereocenters. The lowest BCUT2D eigenvalue weighted by Crippen LogP contribution is -2.37. The number of aromatic nitrogens is 4. The van der Waals surface area contributed by atoms with E-state index in [-0.39, 0.29) is 11.6 Å². The number of para-hydroxylation sites is 1. The van der Waals surface area contributed by atoms with Crippen LogP contribution in [-0.4, -0.2) is 25.3 Å². The van der Waals surface area contributed by atoms with Crippen LogP contribution in [0, 0.1) is 0 Å². The molecule has 1 aliphatic rings. The largest absolute Gasteiger partial charge is 0.487 e. The van der Waals surface area contributed by atoms with Crippen molar-refractivity contribution in [3.05, 3.63) is 40.8 Å². The van der Waals surface area contributed by atoms with E-state index in [4.69, 9.17) is 4.74 Å². The van der Waals surface area contributed by atoms with Crippen LogP contribution in [0.2, 0.25) is 0 Å². The Bertz CT molecular complexity index is 920. The zero-order valence-electron chi connectivity index (χ0n) is 13.7. The van der Waals surface area contributed by atoms with Crippen LogP contribution in [0.3, 0.4) is 0 Å². The molecule has 3 aromatic rings. The van der Waals surface area contributed by atoms with Crippen LogP contribution < -0.4 is 10.1 Å². The minimum absolute atomic E-state index is 0.107. The lowest BCUT2D eigenvalue weighted by molar-refractivity contribution is 0.0759. The average molecular weight is 388 g/mol. The normalized spacial score (nSPS) is 18.9. The highest BCUT2D eigenvalue weighted by atomic mass is 79.9. The Morgan fingerprint density at radius 2 is 2.08 bits per heavy atom. The first-order valence-electron chi connectivity index (χ1n) is 7.82. The molecule has 0 spiro atoms. The van der Waals surface area contributed by atoms with E-state index < -0.39 is 0 Å². The van der Waals surface area contributed by atoms with Crippen molar-refractivity contribution in [2.45, 2.75) is 31.9 Å². The van der Waals surface area contributed by atoms with Gasteiger partial charge in [-0.2, -0.15) is 5.10 Å². The molecule has 7 heteroatoms. The molecule has 1 atom stereocenters. The van der Waals surface area contributed by atoms with Crippen LogP contribution in [0.25, 0.3) is 11.0 Å². The van der Waals surface area contributed by atoms with E-state index in [9.17, 15) is 0 Å². The zero-order chi connectivity index (χ0) is 16.9. The SMILES string of the molecule is Cn1nc(Br)c2c(NC3CC(C)(C)Oc4ccccc43)ncnc21. The highest BCUT2D eigenvalue weighted by molar-refractivity contribution is 9.10.